The van der Waals surface area contributed by atoms with Crippen LogP contribution in [0.2, 0.25) is 0 Å². The van der Waals surface area contributed by atoms with Crippen molar-refractivity contribution >= 4 is 21.8 Å². The van der Waals surface area contributed by atoms with Crippen LogP contribution in [0.4, 0.5) is 0 Å². The summed E-state index contributed by atoms with van der Waals surface area (Å²) in [5.41, 5.74) is -0.225. The van der Waals surface area contributed by atoms with E-state index in [0.717, 1.165) is 0 Å². The maximum Gasteiger partial charge on any atom is 0.240 e. The molecule has 13 heavy (non-hydrogen) atoms. The number of hydrogen-bond donors (Lipinski definition) is 1. The highest BCUT2D eigenvalue weighted by atomic mass is 32.3. The molecule has 1 unspecified atom stereocenters. The minimum atomic E-state index is -3.51. The second kappa shape index (κ2) is 3.18. The van der Waals surface area contributed by atoms with Gasteiger partial charge in [-0.05, 0) is 26.2 Å². The molecular formula is C7H14N2O2S2. The summed E-state index contributed by atoms with van der Waals surface area (Å²) in [6.07, 6.45) is 1.76. The van der Waals surface area contributed by atoms with Gasteiger partial charge in [-0.2, -0.15) is 0 Å². The minimum Gasteiger partial charge on any atom is -0.346 e. The molecule has 1 heterocycles. The van der Waals surface area contributed by atoms with Gasteiger partial charge >= 0.3 is 0 Å². The standard InChI is InChI=1S/C7H14N2O2S2/c1-7(2,3)9-4-5-12-6(9)13(8,10)11/h4-6H,1-3H3,(H2,8,10,11). The number of hydrogen-bond acceptors (Lipinski definition) is 4. The van der Waals surface area contributed by atoms with E-state index in [1.165, 1.54) is 11.8 Å². The van der Waals surface area contributed by atoms with E-state index in [4.69, 9.17) is 5.14 Å². The topological polar surface area (TPSA) is 63.4 Å². The SMILES string of the molecule is CC(C)(C)N1C=CSC1S(N)(=O)=O. The van der Waals surface area contributed by atoms with Gasteiger partial charge in [0, 0.05) is 11.7 Å². The summed E-state index contributed by atoms with van der Waals surface area (Å²) in [5.74, 6) is 0. The molecule has 0 spiro atoms. The number of sulfonamides is 1. The molecule has 76 valence electrons. The van der Waals surface area contributed by atoms with Crippen LogP contribution in [-0.4, -0.2) is 23.6 Å². The van der Waals surface area contributed by atoms with Gasteiger partial charge in [0.15, 0.2) is 4.71 Å². The average Bonchev–Trinajstić information content (AvgIpc) is 2.27. The van der Waals surface area contributed by atoms with Crippen molar-refractivity contribution < 1.29 is 8.42 Å². The highest BCUT2D eigenvalue weighted by Gasteiger charge is 2.36. The van der Waals surface area contributed by atoms with Crippen LogP contribution in [0.25, 0.3) is 0 Å². The third-order valence-corrected chi connectivity index (χ3v) is 4.37. The lowest BCUT2D eigenvalue weighted by Crippen LogP contribution is -2.46. The molecule has 0 radical (unpaired) electrons. The fourth-order valence-electron chi connectivity index (χ4n) is 1.08. The lowest BCUT2D eigenvalue weighted by molar-refractivity contribution is 0.226. The molecule has 0 aliphatic carbocycles. The van der Waals surface area contributed by atoms with Gasteiger partial charge in [-0.3, -0.25) is 0 Å². The lowest BCUT2D eigenvalue weighted by Gasteiger charge is -2.35. The Kier molecular flexibility index (Phi) is 2.66. The van der Waals surface area contributed by atoms with E-state index in [2.05, 4.69) is 0 Å². The van der Waals surface area contributed by atoms with Gasteiger partial charge in [-0.15, -0.1) is 0 Å². The van der Waals surface area contributed by atoms with Gasteiger partial charge in [0.1, 0.15) is 0 Å². The van der Waals surface area contributed by atoms with E-state index >= 15 is 0 Å². The van der Waals surface area contributed by atoms with Crippen LogP contribution in [0.3, 0.4) is 0 Å². The van der Waals surface area contributed by atoms with Crippen molar-refractivity contribution in [1.82, 2.24) is 4.90 Å². The van der Waals surface area contributed by atoms with Crippen molar-refractivity contribution in [3.8, 4) is 0 Å². The molecule has 0 bridgehead atoms. The monoisotopic (exact) mass is 222 g/mol. The second-order valence-corrected chi connectivity index (χ2v) is 6.81. The first kappa shape index (κ1) is 10.9. The van der Waals surface area contributed by atoms with E-state index in [1.54, 1.807) is 16.5 Å². The molecule has 0 aromatic rings. The highest BCUT2D eigenvalue weighted by molar-refractivity contribution is 8.14. The Bertz CT molecular complexity index is 316. The van der Waals surface area contributed by atoms with E-state index in [-0.39, 0.29) is 5.54 Å². The molecule has 1 atom stereocenters. The number of thioether (sulfide) groups is 1. The number of nitrogens with zero attached hydrogens (tertiary/aromatic N) is 1. The molecule has 1 aliphatic heterocycles. The third kappa shape index (κ3) is 2.38. The molecule has 4 nitrogen and oxygen atoms in total. The largest absolute Gasteiger partial charge is 0.346 e. The van der Waals surface area contributed by atoms with Crippen molar-refractivity contribution in [2.24, 2.45) is 5.14 Å². The Hall–Kier alpha value is -0.200. The van der Waals surface area contributed by atoms with Gasteiger partial charge in [0.2, 0.25) is 10.0 Å². The van der Waals surface area contributed by atoms with E-state index in [0.29, 0.717) is 0 Å². The number of nitrogens with two attached hydrogens (primary N) is 1. The van der Waals surface area contributed by atoms with Crippen molar-refractivity contribution in [3.63, 3.8) is 0 Å². The third-order valence-electron chi connectivity index (χ3n) is 1.70. The van der Waals surface area contributed by atoms with Gasteiger partial charge in [0.25, 0.3) is 0 Å². The first-order valence-corrected chi connectivity index (χ1v) is 6.40. The van der Waals surface area contributed by atoms with Crippen LogP contribution in [0, 0.1) is 0 Å². The quantitative estimate of drug-likeness (QED) is 0.715. The van der Waals surface area contributed by atoms with Crippen molar-refractivity contribution in [3.05, 3.63) is 11.6 Å². The zero-order valence-corrected chi connectivity index (χ0v) is 9.52. The van der Waals surface area contributed by atoms with E-state index < -0.39 is 14.7 Å². The van der Waals surface area contributed by atoms with Crippen molar-refractivity contribution in [1.29, 1.82) is 0 Å². The van der Waals surface area contributed by atoms with Gasteiger partial charge in [-0.25, -0.2) is 13.6 Å². The Morgan fingerprint density at radius 1 is 1.46 bits per heavy atom. The molecule has 2 N–H and O–H groups in total. The summed E-state index contributed by atoms with van der Waals surface area (Å²) < 4.78 is 21.7. The lowest BCUT2D eigenvalue weighted by atomic mass is 10.1. The summed E-state index contributed by atoms with van der Waals surface area (Å²) in [7, 11) is -3.51. The van der Waals surface area contributed by atoms with Crippen LogP contribution >= 0.6 is 11.8 Å². The van der Waals surface area contributed by atoms with Crippen molar-refractivity contribution in [2.75, 3.05) is 0 Å². The fraction of sp³-hybridized carbons (Fsp3) is 0.714. The number of rotatable bonds is 1. The summed E-state index contributed by atoms with van der Waals surface area (Å²) in [4.78, 5) is 1.74. The summed E-state index contributed by atoms with van der Waals surface area (Å²) in [6, 6.07) is 0. The molecule has 6 heteroatoms. The molecular weight excluding hydrogens is 208 g/mol. The maximum absolute atomic E-state index is 11.2. The van der Waals surface area contributed by atoms with Crippen LogP contribution in [0.1, 0.15) is 20.8 Å². The second-order valence-electron chi connectivity index (χ2n) is 3.90. The van der Waals surface area contributed by atoms with Gasteiger partial charge < -0.3 is 4.90 Å². The van der Waals surface area contributed by atoms with E-state index in [9.17, 15) is 8.42 Å². The molecule has 1 aliphatic rings. The Morgan fingerprint density at radius 2 is 2.00 bits per heavy atom. The molecule has 0 fully saturated rings. The van der Waals surface area contributed by atoms with Crippen LogP contribution < -0.4 is 5.14 Å². The molecule has 1 rings (SSSR count). The Balaban J connectivity index is 2.94. The summed E-state index contributed by atoms with van der Waals surface area (Å²) >= 11 is 1.22. The number of primary sulfonamides is 1. The summed E-state index contributed by atoms with van der Waals surface area (Å²) in [6.45, 7) is 5.84. The molecule has 0 saturated heterocycles. The van der Waals surface area contributed by atoms with E-state index in [1.807, 2.05) is 20.8 Å². The molecule has 0 aromatic heterocycles. The highest BCUT2D eigenvalue weighted by Crippen LogP contribution is 2.33. The minimum absolute atomic E-state index is 0.225. The van der Waals surface area contributed by atoms with Crippen molar-refractivity contribution in [2.45, 2.75) is 31.0 Å². The van der Waals surface area contributed by atoms with Crippen LogP contribution in [0.5, 0.6) is 0 Å². The average molecular weight is 222 g/mol. The van der Waals surface area contributed by atoms with Crippen LogP contribution in [-0.2, 0) is 10.0 Å². The summed E-state index contributed by atoms with van der Waals surface area (Å²) in [5, 5.41) is 6.85. The van der Waals surface area contributed by atoms with Crippen LogP contribution in [0.15, 0.2) is 11.6 Å². The molecule has 0 saturated carbocycles. The maximum atomic E-state index is 11.2. The first-order valence-electron chi connectivity index (χ1n) is 3.85. The zero-order valence-electron chi connectivity index (χ0n) is 7.89. The molecule has 0 amide bonds. The Labute approximate surface area is 83.2 Å². The molecule has 0 aromatic carbocycles. The first-order chi connectivity index (χ1) is 5.73. The zero-order chi connectivity index (χ0) is 10.3. The van der Waals surface area contributed by atoms with Gasteiger partial charge in [-0.1, -0.05) is 11.8 Å². The van der Waals surface area contributed by atoms with Gasteiger partial charge in [0.05, 0.1) is 0 Å². The Morgan fingerprint density at radius 3 is 2.31 bits per heavy atom. The fourth-order valence-corrected chi connectivity index (χ4v) is 3.45. The predicted octanol–water partition coefficient (Wildman–Crippen LogP) is 0.877. The normalized spacial score (nSPS) is 24.0. The predicted molar refractivity (Wildman–Crippen MR) is 55.2 cm³/mol. The smallest absolute Gasteiger partial charge is 0.240 e.